The molecule has 21 heavy (non-hydrogen) atoms. The van der Waals surface area contributed by atoms with Crippen molar-refractivity contribution in [2.24, 2.45) is 0 Å². The summed E-state index contributed by atoms with van der Waals surface area (Å²) in [7, 11) is 0. The monoisotopic (exact) mass is 278 g/mol. The van der Waals surface area contributed by atoms with Crippen LogP contribution in [0, 0.1) is 0 Å². The number of hydrogen-bond donors (Lipinski definition) is 1. The molecule has 106 valence electrons. The molecule has 0 fully saturated rings. The van der Waals surface area contributed by atoms with E-state index < -0.39 is 0 Å². The molecule has 0 aliphatic heterocycles. The average Bonchev–Trinajstić information content (AvgIpc) is 2.95. The Balaban J connectivity index is 1.52. The van der Waals surface area contributed by atoms with Crippen molar-refractivity contribution < 1.29 is 4.79 Å². The fourth-order valence-electron chi connectivity index (χ4n) is 2.48. The van der Waals surface area contributed by atoms with E-state index in [1.54, 1.807) is 0 Å². The van der Waals surface area contributed by atoms with E-state index in [-0.39, 0.29) is 5.91 Å². The summed E-state index contributed by atoms with van der Waals surface area (Å²) in [5, 5.41) is 4.21. The van der Waals surface area contributed by atoms with Gasteiger partial charge >= 0.3 is 0 Å². The Labute approximate surface area is 124 Å². The summed E-state index contributed by atoms with van der Waals surface area (Å²) < 4.78 is 2.23. The van der Waals surface area contributed by atoms with Crippen LogP contribution in [0.3, 0.4) is 0 Å². The van der Waals surface area contributed by atoms with Gasteiger partial charge < -0.3 is 9.88 Å². The lowest BCUT2D eigenvalue weighted by atomic mass is 10.2. The van der Waals surface area contributed by atoms with E-state index in [0.29, 0.717) is 12.1 Å². The molecular weight excluding hydrogens is 260 g/mol. The summed E-state index contributed by atoms with van der Waals surface area (Å²) >= 11 is 0. The molecule has 3 heteroatoms. The topological polar surface area (TPSA) is 34.0 Å². The van der Waals surface area contributed by atoms with Crippen LogP contribution in [-0.2, 0) is 6.54 Å². The quantitative estimate of drug-likeness (QED) is 0.712. The molecule has 0 aliphatic rings. The second-order valence-corrected chi connectivity index (χ2v) is 5.04. The minimum atomic E-state index is -0.00651. The molecule has 3 nitrogen and oxygen atoms in total. The number of carbonyl (C=O) groups is 1. The van der Waals surface area contributed by atoms with Crippen LogP contribution in [0.5, 0.6) is 0 Å². The molecule has 0 spiro atoms. The van der Waals surface area contributed by atoms with Crippen LogP contribution >= 0.6 is 0 Å². The van der Waals surface area contributed by atoms with Gasteiger partial charge in [-0.3, -0.25) is 4.79 Å². The van der Waals surface area contributed by atoms with Crippen molar-refractivity contribution in [1.82, 2.24) is 9.88 Å². The standard InChI is InChI=1S/C18H18N2O/c21-18(16-8-2-1-3-9-16)19-12-6-13-20-14-11-15-7-4-5-10-17(15)20/h1-5,7-11,14H,6,12-13H2,(H,19,21). The highest BCUT2D eigenvalue weighted by Crippen LogP contribution is 2.15. The number of nitrogens with zero attached hydrogens (tertiary/aromatic N) is 1. The van der Waals surface area contributed by atoms with Gasteiger partial charge in [-0.1, -0.05) is 36.4 Å². The molecule has 0 unspecified atom stereocenters. The van der Waals surface area contributed by atoms with Gasteiger partial charge in [0.05, 0.1) is 0 Å². The molecule has 1 amide bonds. The van der Waals surface area contributed by atoms with Gasteiger partial charge in [0.2, 0.25) is 0 Å². The Morgan fingerprint density at radius 1 is 0.952 bits per heavy atom. The minimum Gasteiger partial charge on any atom is -0.352 e. The Morgan fingerprint density at radius 2 is 1.71 bits per heavy atom. The molecule has 1 aromatic heterocycles. The molecule has 0 aliphatic carbocycles. The van der Waals surface area contributed by atoms with Gasteiger partial charge in [0.1, 0.15) is 0 Å². The van der Waals surface area contributed by atoms with Crippen LogP contribution < -0.4 is 5.32 Å². The number of carbonyl (C=O) groups excluding carboxylic acids is 1. The third-order valence-corrected chi connectivity index (χ3v) is 3.58. The number of benzene rings is 2. The second-order valence-electron chi connectivity index (χ2n) is 5.04. The third kappa shape index (κ3) is 3.14. The number of para-hydroxylation sites is 1. The van der Waals surface area contributed by atoms with E-state index in [9.17, 15) is 4.79 Å². The van der Waals surface area contributed by atoms with Gasteiger partial charge in [0.15, 0.2) is 0 Å². The van der Waals surface area contributed by atoms with Crippen molar-refractivity contribution >= 4 is 16.8 Å². The minimum absolute atomic E-state index is 0.00651. The van der Waals surface area contributed by atoms with E-state index in [2.05, 4.69) is 40.3 Å². The SMILES string of the molecule is O=C(NCCCn1ccc2ccccc21)c1ccccc1. The van der Waals surface area contributed by atoms with Crippen molar-refractivity contribution in [3.63, 3.8) is 0 Å². The summed E-state index contributed by atoms with van der Waals surface area (Å²) in [5.41, 5.74) is 1.95. The number of nitrogens with one attached hydrogen (secondary N) is 1. The summed E-state index contributed by atoms with van der Waals surface area (Å²) in [6.45, 7) is 1.59. The number of amides is 1. The number of fused-ring (bicyclic) bond motifs is 1. The van der Waals surface area contributed by atoms with E-state index >= 15 is 0 Å². The normalized spacial score (nSPS) is 10.7. The molecule has 0 saturated heterocycles. The first-order valence-corrected chi connectivity index (χ1v) is 7.22. The predicted molar refractivity (Wildman–Crippen MR) is 85.3 cm³/mol. The average molecular weight is 278 g/mol. The van der Waals surface area contributed by atoms with Crippen molar-refractivity contribution in [3.05, 3.63) is 72.4 Å². The van der Waals surface area contributed by atoms with Crippen molar-refractivity contribution in [2.45, 2.75) is 13.0 Å². The lowest BCUT2D eigenvalue weighted by molar-refractivity contribution is 0.0953. The molecule has 1 heterocycles. The van der Waals surface area contributed by atoms with E-state index in [4.69, 9.17) is 0 Å². The highest BCUT2D eigenvalue weighted by atomic mass is 16.1. The van der Waals surface area contributed by atoms with Crippen molar-refractivity contribution in [2.75, 3.05) is 6.54 Å². The number of aryl methyl sites for hydroxylation is 1. The highest BCUT2D eigenvalue weighted by molar-refractivity contribution is 5.94. The Kier molecular flexibility index (Phi) is 4.01. The fraction of sp³-hybridized carbons (Fsp3) is 0.167. The number of hydrogen-bond acceptors (Lipinski definition) is 1. The van der Waals surface area contributed by atoms with Gasteiger partial charge in [0, 0.05) is 30.4 Å². The smallest absolute Gasteiger partial charge is 0.251 e. The second kappa shape index (κ2) is 6.27. The fourth-order valence-corrected chi connectivity index (χ4v) is 2.48. The maximum Gasteiger partial charge on any atom is 0.251 e. The van der Waals surface area contributed by atoms with E-state index in [0.717, 1.165) is 13.0 Å². The molecule has 0 saturated carbocycles. The van der Waals surface area contributed by atoms with E-state index in [1.807, 2.05) is 36.4 Å². The van der Waals surface area contributed by atoms with Crippen LogP contribution in [0.1, 0.15) is 16.8 Å². The van der Waals surface area contributed by atoms with Gasteiger partial charge in [-0.05, 0) is 36.1 Å². The number of aromatic nitrogens is 1. The first-order valence-electron chi connectivity index (χ1n) is 7.22. The molecule has 0 radical (unpaired) electrons. The van der Waals surface area contributed by atoms with E-state index in [1.165, 1.54) is 10.9 Å². The molecule has 1 N–H and O–H groups in total. The van der Waals surface area contributed by atoms with Crippen LogP contribution in [0.4, 0.5) is 0 Å². The summed E-state index contributed by atoms with van der Waals surface area (Å²) in [4.78, 5) is 11.9. The zero-order valence-corrected chi connectivity index (χ0v) is 11.8. The molecule has 3 rings (SSSR count). The maximum absolute atomic E-state index is 11.9. The molecule has 0 bridgehead atoms. The third-order valence-electron chi connectivity index (χ3n) is 3.58. The zero-order valence-electron chi connectivity index (χ0n) is 11.8. The molecule has 3 aromatic rings. The predicted octanol–water partition coefficient (Wildman–Crippen LogP) is 3.46. The van der Waals surface area contributed by atoms with Crippen molar-refractivity contribution in [1.29, 1.82) is 0 Å². The van der Waals surface area contributed by atoms with Crippen LogP contribution in [0.15, 0.2) is 66.9 Å². The molecule has 0 atom stereocenters. The lowest BCUT2D eigenvalue weighted by Gasteiger charge is -2.07. The Morgan fingerprint density at radius 3 is 2.57 bits per heavy atom. The van der Waals surface area contributed by atoms with Gasteiger partial charge in [0.25, 0.3) is 5.91 Å². The van der Waals surface area contributed by atoms with Crippen LogP contribution in [0.25, 0.3) is 10.9 Å². The Hall–Kier alpha value is -2.55. The summed E-state index contributed by atoms with van der Waals surface area (Å²) in [6, 6.07) is 19.8. The van der Waals surface area contributed by atoms with Gasteiger partial charge in [-0.2, -0.15) is 0 Å². The first-order chi connectivity index (χ1) is 10.3. The number of rotatable bonds is 5. The first kappa shape index (κ1) is 13.4. The summed E-state index contributed by atoms with van der Waals surface area (Å²) in [5.74, 6) is -0.00651. The van der Waals surface area contributed by atoms with Gasteiger partial charge in [-0.15, -0.1) is 0 Å². The maximum atomic E-state index is 11.9. The zero-order chi connectivity index (χ0) is 14.5. The van der Waals surface area contributed by atoms with Crippen molar-refractivity contribution in [3.8, 4) is 0 Å². The highest BCUT2D eigenvalue weighted by Gasteiger charge is 2.03. The molecule has 2 aromatic carbocycles. The Bertz CT molecular complexity index is 731. The van der Waals surface area contributed by atoms with Crippen LogP contribution in [0.2, 0.25) is 0 Å². The lowest BCUT2D eigenvalue weighted by Crippen LogP contribution is -2.25. The van der Waals surface area contributed by atoms with Gasteiger partial charge in [-0.25, -0.2) is 0 Å². The van der Waals surface area contributed by atoms with Crippen LogP contribution in [-0.4, -0.2) is 17.0 Å². The molecular formula is C18H18N2O. The summed E-state index contributed by atoms with van der Waals surface area (Å²) in [6.07, 6.45) is 3.01. The largest absolute Gasteiger partial charge is 0.352 e.